The van der Waals surface area contributed by atoms with Gasteiger partial charge in [0.25, 0.3) is 0 Å². The van der Waals surface area contributed by atoms with Crippen LogP contribution in [0.15, 0.2) is 47.2 Å². The minimum Gasteiger partial charge on any atom is -0.496 e. The fraction of sp³-hybridized carbons (Fsp3) is 0.267. The quantitative estimate of drug-likeness (QED) is 0.880. The average molecular weight is 337 g/mol. The number of benzene rings is 1. The molecule has 2 aromatic rings. The summed E-state index contributed by atoms with van der Waals surface area (Å²) in [5, 5.41) is 10.6. The Hall–Kier alpha value is -1.43. The zero-order chi connectivity index (χ0) is 14.5. The standard InChI is InChI=1S/C15H17BrN2O2/c1-20-14-3-2-11(8-13(14)16)15(19)12(9-17)10-4-6-18-7-5-10/h2-8,12,15,19H,9,17H2,1H3. The van der Waals surface area contributed by atoms with Gasteiger partial charge in [0.2, 0.25) is 0 Å². The van der Waals surface area contributed by atoms with Crippen LogP contribution in [-0.4, -0.2) is 23.7 Å². The van der Waals surface area contributed by atoms with Crippen LogP contribution in [0.25, 0.3) is 0 Å². The predicted molar refractivity (Wildman–Crippen MR) is 81.7 cm³/mol. The van der Waals surface area contributed by atoms with Gasteiger partial charge in [-0.1, -0.05) is 6.07 Å². The Kier molecular flexibility index (Phi) is 5.11. The van der Waals surface area contributed by atoms with Crippen molar-refractivity contribution in [3.63, 3.8) is 0 Å². The first-order valence-electron chi connectivity index (χ1n) is 6.29. The van der Waals surface area contributed by atoms with Crippen molar-refractivity contribution in [2.45, 2.75) is 12.0 Å². The Morgan fingerprint density at radius 1 is 1.25 bits per heavy atom. The molecule has 0 fully saturated rings. The lowest BCUT2D eigenvalue weighted by molar-refractivity contribution is 0.147. The van der Waals surface area contributed by atoms with Crippen molar-refractivity contribution < 1.29 is 9.84 Å². The highest BCUT2D eigenvalue weighted by Gasteiger charge is 2.22. The number of hydrogen-bond acceptors (Lipinski definition) is 4. The third-order valence-corrected chi connectivity index (χ3v) is 3.91. The molecule has 0 bridgehead atoms. The van der Waals surface area contributed by atoms with Gasteiger partial charge in [-0.2, -0.15) is 0 Å². The minimum atomic E-state index is -0.676. The van der Waals surface area contributed by atoms with E-state index in [0.29, 0.717) is 6.54 Å². The molecule has 2 atom stereocenters. The molecule has 0 aliphatic heterocycles. The molecule has 0 radical (unpaired) electrons. The number of halogens is 1. The number of aromatic nitrogens is 1. The number of rotatable bonds is 5. The normalized spacial score (nSPS) is 13.8. The van der Waals surface area contributed by atoms with Crippen LogP contribution in [0.1, 0.15) is 23.1 Å². The highest BCUT2D eigenvalue weighted by molar-refractivity contribution is 9.10. The molecular formula is C15H17BrN2O2. The molecule has 1 aromatic carbocycles. The first-order chi connectivity index (χ1) is 9.67. The van der Waals surface area contributed by atoms with Gasteiger partial charge in [0, 0.05) is 24.9 Å². The van der Waals surface area contributed by atoms with Crippen LogP contribution in [0.2, 0.25) is 0 Å². The molecule has 1 aromatic heterocycles. The first kappa shape index (κ1) is 15.0. The lowest BCUT2D eigenvalue weighted by atomic mass is 9.90. The summed E-state index contributed by atoms with van der Waals surface area (Å²) in [4.78, 5) is 3.98. The van der Waals surface area contributed by atoms with Crippen LogP contribution in [-0.2, 0) is 0 Å². The van der Waals surface area contributed by atoms with Gasteiger partial charge in [-0.15, -0.1) is 0 Å². The summed E-state index contributed by atoms with van der Waals surface area (Å²) in [7, 11) is 1.61. The average Bonchev–Trinajstić information content (AvgIpc) is 2.49. The fourth-order valence-electron chi connectivity index (χ4n) is 2.16. The number of nitrogens with zero attached hydrogens (tertiary/aromatic N) is 1. The SMILES string of the molecule is COc1ccc(C(O)C(CN)c2ccncc2)cc1Br. The third kappa shape index (κ3) is 3.17. The number of ether oxygens (including phenoxy) is 1. The van der Waals surface area contributed by atoms with Crippen molar-refractivity contribution >= 4 is 15.9 Å². The molecule has 0 aliphatic rings. The van der Waals surface area contributed by atoms with Gasteiger partial charge < -0.3 is 15.6 Å². The van der Waals surface area contributed by atoms with E-state index in [-0.39, 0.29) is 5.92 Å². The smallest absolute Gasteiger partial charge is 0.133 e. The number of aliphatic hydroxyl groups is 1. The lowest BCUT2D eigenvalue weighted by Crippen LogP contribution is -2.20. The summed E-state index contributed by atoms with van der Waals surface area (Å²) in [6.45, 7) is 0.356. The Morgan fingerprint density at radius 3 is 2.50 bits per heavy atom. The number of aliphatic hydroxyl groups excluding tert-OH is 1. The molecule has 0 saturated heterocycles. The summed E-state index contributed by atoms with van der Waals surface area (Å²) in [5.74, 6) is 0.562. The number of pyridine rings is 1. The van der Waals surface area contributed by atoms with Gasteiger partial charge in [-0.3, -0.25) is 4.98 Å². The van der Waals surface area contributed by atoms with E-state index in [1.807, 2.05) is 30.3 Å². The van der Waals surface area contributed by atoms with Crippen LogP contribution in [0.5, 0.6) is 5.75 Å². The van der Waals surface area contributed by atoms with Gasteiger partial charge in [0.15, 0.2) is 0 Å². The molecule has 20 heavy (non-hydrogen) atoms. The molecule has 0 saturated carbocycles. The largest absolute Gasteiger partial charge is 0.496 e. The highest BCUT2D eigenvalue weighted by atomic mass is 79.9. The van der Waals surface area contributed by atoms with E-state index in [4.69, 9.17) is 10.5 Å². The molecule has 0 amide bonds. The molecular weight excluding hydrogens is 320 g/mol. The van der Waals surface area contributed by atoms with Crippen LogP contribution < -0.4 is 10.5 Å². The van der Waals surface area contributed by atoms with E-state index in [1.165, 1.54) is 0 Å². The molecule has 0 spiro atoms. The third-order valence-electron chi connectivity index (χ3n) is 3.29. The summed E-state index contributed by atoms with van der Waals surface area (Å²) in [6.07, 6.45) is 2.73. The lowest BCUT2D eigenvalue weighted by Gasteiger charge is -2.22. The topological polar surface area (TPSA) is 68.4 Å². The van der Waals surface area contributed by atoms with Crippen LogP contribution in [0, 0.1) is 0 Å². The van der Waals surface area contributed by atoms with Gasteiger partial charge >= 0.3 is 0 Å². The molecule has 4 nitrogen and oxygen atoms in total. The second-order valence-electron chi connectivity index (χ2n) is 4.46. The van der Waals surface area contributed by atoms with Crippen LogP contribution in [0.4, 0.5) is 0 Å². The number of nitrogens with two attached hydrogens (primary N) is 1. The van der Waals surface area contributed by atoms with E-state index in [1.54, 1.807) is 19.5 Å². The van der Waals surface area contributed by atoms with Crippen molar-refractivity contribution in [1.82, 2.24) is 4.98 Å². The summed E-state index contributed by atoms with van der Waals surface area (Å²) < 4.78 is 6.00. The maximum Gasteiger partial charge on any atom is 0.133 e. The molecule has 1 heterocycles. The molecule has 3 N–H and O–H groups in total. The summed E-state index contributed by atoms with van der Waals surface area (Å²) >= 11 is 3.43. The van der Waals surface area contributed by atoms with Gasteiger partial charge in [-0.05, 0) is 51.3 Å². The van der Waals surface area contributed by atoms with E-state index < -0.39 is 6.10 Å². The molecule has 2 rings (SSSR count). The predicted octanol–water partition coefficient (Wildman–Crippen LogP) is 2.63. The van der Waals surface area contributed by atoms with Gasteiger partial charge in [0.1, 0.15) is 5.75 Å². The Labute approximate surface area is 126 Å². The van der Waals surface area contributed by atoms with Crippen molar-refractivity contribution in [1.29, 1.82) is 0 Å². The maximum atomic E-state index is 10.6. The van der Waals surface area contributed by atoms with Crippen molar-refractivity contribution in [2.75, 3.05) is 13.7 Å². The second-order valence-corrected chi connectivity index (χ2v) is 5.32. The second kappa shape index (κ2) is 6.83. The molecule has 0 aliphatic carbocycles. The highest BCUT2D eigenvalue weighted by Crippen LogP contribution is 2.34. The molecule has 5 heteroatoms. The van der Waals surface area contributed by atoms with Crippen molar-refractivity contribution in [3.8, 4) is 5.75 Å². The fourth-order valence-corrected chi connectivity index (χ4v) is 2.72. The Balaban J connectivity index is 2.29. The molecule has 106 valence electrons. The van der Waals surface area contributed by atoms with E-state index in [2.05, 4.69) is 20.9 Å². The monoisotopic (exact) mass is 336 g/mol. The first-order valence-corrected chi connectivity index (χ1v) is 7.08. The van der Waals surface area contributed by atoms with Gasteiger partial charge in [0.05, 0.1) is 17.7 Å². The maximum absolute atomic E-state index is 10.6. The van der Waals surface area contributed by atoms with Crippen molar-refractivity contribution in [3.05, 3.63) is 58.3 Å². The minimum absolute atomic E-state index is 0.168. The van der Waals surface area contributed by atoms with Crippen molar-refractivity contribution in [2.24, 2.45) is 5.73 Å². The van der Waals surface area contributed by atoms with E-state index in [0.717, 1.165) is 21.3 Å². The Morgan fingerprint density at radius 2 is 1.95 bits per heavy atom. The number of methoxy groups -OCH3 is 1. The summed E-state index contributed by atoms with van der Waals surface area (Å²) in [6, 6.07) is 9.27. The van der Waals surface area contributed by atoms with Crippen LogP contribution >= 0.6 is 15.9 Å². The van der Waals surface area contributed by atoms with E-state index in [9.17, 15) is 5.11 Å². The zero-order valence-electron chi connectivity index (χ0n) is 11.2. The van der Waals surface area contributed by atoms with Crippen LogP contribution in [0.3, 0.4) is 0 Å². The van der Waals surface area contributed by atoms with Gasteiger partial charge in [-0.25, -0.2) is 0 Å². The Bertz CT molecular complexity index is 563. The zero-order valence-corrected chi connectivity index (χ0v) is 12.7. The summed E-state index contributed by atoms with van der Waals surface area (Å²) in [5.41, 5.74) is 7.59. The van der Waals surface area contributed by atoms with E-state index >= 15 is 0 Å². The number of hydrogen-bond donors (Lipinski definition) is 2. The molecule has 2 unspecified atom stereocenters.